The van der Waals surface area contributed by atoms with Crippen LogP contribution < -0.4 is 5.32 Å². The third-order valence-corrected chi connectivity index (χ3v) is 2.22. The number of fused-ring (bicyclic) bond motifs is 1. The Hall–Kier alpha value is -1.88. The van der Waals surface area contributed by atoms with Gasteiger partial charge in [0.25, 0.3) is 0 Å². The van der Waals surface area contributed by atoms with Crippen LogP contribution in [0, 0.1) is 0 Å². The third-order valence-electron chi connectivity index (χ3n) is 2.22. The first-order valence-corrected chi connectivity index (χ1v) is 5.00. The molecule has 0 saturated heterocycles. The van der Waals surface area contributed by atoms with Crippen LogP contribution in [-0.4, -0.2) is 29.0 Å². The molecule has 0 radical (unpaired) electrons. The number of hydrogen-bond donors (Lipinski definition) is 1. The Bertz CT molecular complexity index is 460. The van der Waals surface area contributed by atoms with Crippen LogP contribution in [0.1, 0.15) is 5.69 Å². The largest absolute Gasteiger partial charge is 0.468 e. The van der Waals surface area contributed by atoms with Crippen LogP contribution in [0.4, 0.5) is 0 Å². The van der Waals surface area contributed by atoms with Crippen molar-refractivity contribution in [1.82, 2.24) is 14.7 Å². The number of hydrogen-bond acceptors (Lipinski definition) is 4. The zero-order chi connectivity index (χ0) is 11.4. The summed E-state index contributed by atoms with van der Waals surface area (Å²) in [5.74, 6) is -0.274. The molecule has 2 rings (SSSR count). The Morgan fingerprint density at radius 3 is 3.19 bits per heavy atom. The van der Waals surface area contributed by atoms with E-state index in [1.54, 1.807) is 0 Å². The smallest absolute Gasteiger partial charge is 0.319 e. The molecule has 0 aliphatic carbocycles. The van der Waals surface area contributed by atoms with Crippen molar-refractivity contribution < 1.29 is 9.53 Å². The highest BCUT2D eigenvalue weighted by molar-refractivity contribution is 5.71. The van der Waals surface area contributed by atoms with Crippen molar-refractivity contribution in [2.24, 2.45) is 0 Å². The number of ether oxygens (including phenoxy) is 1. The Morgan fingerprint density at radius 2 is 2.44 bits per heavy atom. The summed E-state index contributed by atoms with van der Waals surface area (Å²) in [7, 11) is 1.37. The fraction of sp³-hybridized carbons (Fsp3) is 0.273. The SMILES string of the molecule is COC(=O)CNCc1cn2ccccc2n1. The maximum atomic E-state index is 10.9. The minimum absolute atomic E-state index is 0.199. The summed E-state index contributed by atoms with van der Waals surface area (Å²) in [6.45, 7) is 0.751. The number of aromatic nitrogens is 2. The minimum Gasteiger partial charge on any atom is -0.468 e. The maximum absolute atomic E-state index is 10.9. The molecule has 0 atom stereocenters. The molecule has 16 heavy (non-hydrogen) atoms. The number of methoxy groups -OCH3 is 1. The fourth-order valence-electron chi connectivity index (χ4n) is 1.44. The molecular weight excluding hydrogens is 206 g/mol. The highest BCUT2D eigenvalue weighted by atomic mass is 16.5. The van der Waals surface area contributed by atoms with Gasteiger partial charge in [-0.05, 0) is 12.1 Å². The van der Waals surface area contributed by atoms with E-state index in [0.717, 1.165) is 11.3 Å². The molecule has 2 aromatic rings. The lowest BCUT2D eigenvalue weighted by Gasteiger charge is -1.99. The molecule has 0 fully saturated rings. The van der Waals surface area contributed by atoms with Gasteiger partial charge < -0.3 is 14.5 Å². The molecule has 0 spiro atoms. The zero-order valence-electron chi connectivity index (χ0n) is 9.01. The van der Waals surface area contributed by atoms with Gasteiger partial charge in [-0.3, -0.25) is 4.79 Å². The van der Waals surface area contributed by atoms with Gasteiger partial charge >= 0.3 is 5.97 Å². The maximum Gasteiger partial charge on any atom is 0.319 e. The van der Waals surface area contributed by atoms with Crippen molar-refractivity contribution in [2.45, 2.75) is 6.54 Å². The van der Waals surface area contributed by atoms with Crippen LogP contribution in [0.25, 0.3) is 5.65 Å². The Labute approximate surface area is 93.1 Å². The zero-order valence-corrected chi connectivity index (χ0v) is 9.01. The monoisotopic (exact) mass is 219 g/mol. The second-order valence-corrected chi connectivity index (χ2v) is 3.38. The van der Waals surface area contributed by atoms with Crippen LogP contribution >= 0.6 is 0 Å². The van der Waals surface area contributed by atoms with Crippen molar-refractivity contribution in [3.63, 3.8) is 0 Å². The second-order valence-electron chi connectivity index (χ2n) is 3.38. The van der Waals surface area contributed by atoms with Gasteiger partial charge in [0.1, 0.15) is 5.65 Å². The van der Waals surface area contributed by atoms with Gasteiger partial charge in [-0.1, -0.05) is 6.07 Å². The number of carbonyl (C=O) groups excluding carboxylic acids is 1. The van der Waals surface area contributed by atoms with Crippen LogP contribution in [0.5, 0.6) is 0 Å². The van der Waals surface area contributed by atoms with Gasteiger partial charge in [0.15, 0.2) is 0 Å². The summed E-state index contributed by atoms with van der Waals surface area (Å²) < 4.78 is 6.46. The van der Waals surface area contributed by atoms with Gasteiger partial charge in [-0.2, -0.15) is 0 Å². The molecule has 0 aliphatic heterocycles. The third kappa shape index (κ3) is 2.38. The summed E-state index contributed by atoms with van der Waals surface area (Å²) in [5.41, 5.74) is 1.80. The lowest BCUT2D eigenvalue weighted by atomic mass is 10.4. The standard InChI is InChI=1S/C11H13N3O2/c1-16-11(15)7-12-6-9-8-14-5-3-2-4-10(14)13-9/h2-5,8,12H,6-7H2,1H3. The molecule has 2 aromatic heterocycles. The first-order chi connectivity index (χ1) is 7.79. The first kappa shape index (κ1) is 10.6. The number of esters is 1. The first-order valence-electron chi connectivity index (χ1n) is 5.00. The van der Waals surface area contributed by atoms with E-state index in [2.05, 4.69) is 15.0 Å². The van der Waals surface area contributed by atoms with E-state index in [1.165, 1.54) is 7.11 Å². The normalized spacial score (nSPS) is 10.6. The molecule has 0 bridgehead atoms. The number of pyridine rings is 1. The van der Waals surface area contributed by atoms with Crippen LogP contribution in [-0.2, 0) is 16.1 Å². The van der Waals surface area contributed by atoms with Crippen molar-refractivity contribution in [1.29, 1.82) is 0 Å². The summed E-state index contributed by atoms with van der Waals surface area (Å²) >= 11 is 0. The number of nitrogens with zero attached hydrogens (tertiary/aromatic N) is 2. The predicted octanol–water partition coefficient (Wildman–Crippen LogP) is 0.597. The van der Waals surface area contributed by atoms with Crippen LogP contribution in [0.3, 0.4) is 0 Å². The Balaban J connectivity index is 1.97. The molecule has 2 heterocycles. The average molecular weight is 219 g/mol. The molecule has 0 unspecified atom stereocenters. The molecule has 0 aliphatic rings. The van der Waals surface area contributed by atoms with E-state index in [1.807, 2.05) is 35.0 Å². The van der Waals surface area contributed by atoms with E-state index in [0.29, 0.717) is 6.54 Å². The van der Waals surface area contributed by atoms with E-state index < -0.39 is 0 Å². The number of rotatable bonds is 4. The topological polar surface area (TPSA) is 55.6 Å². The molecule has 0 amide bonds. The van der Waals surface area contributed by atoms with Gasteiger partial charge in [0, 0.05) is 18.9 Å². The Morgan fingerprint density at radius 1 is 1.56 bits per heavy atom. The van der Waals surface area contributed by atoms with Crippen molar-refractivity contribution in [3.8, 4) is 0 Å². The quantitative estimate of drug-likeness (QED) is 0.765. The number of carbonyl (C=O) groups is 1. The molecule has 5 heteroatoms. The number of nitrogens with one attached hydrogen (secondary N) is 1. The highest BCUT2D eigenvalue weighted by Gasteiger charge is 2.02. The van der Waals surface area contributed by atoms with Gasteiger partial charge in [0.05, 0.1) is 19.3 Å². The molecule has 5 nitrogen and oxygen atoms in total. The summed E-state index contributed by atoms with van der Waals surface area (Å²) in [4.78, 5) is 15.2. The lowest BCUT2D eigenvalue weighted by Crippen LogP contribution is -2.23. The molecule has 0 aromatic carbocycles. The molecule has 1 N–H and O–H groups in total. The van der Waals surface area contributed by atoms with Gasteiger partial charge in [-0.15, -0.1) is 0 Å². The molecule has 84 valence electrons. The van der Waals surface area contributed by atoms with Crippen molar-refractivity contribution in [3.05, 3.63) is 36.3 Å². The summed E-state index contributed by atoms with van der Waals surface area (Å²) in [6, 6.07) is 5.82. The van der Waals surface area contributed by atoms with E-state index in [9.17, 15) is 4.79 Å². The van der Waals surface area contributed by atoms with Crippen molar-refractivity contribution in [2.75, 3.05) is 13.7 Å². The minimum atomic E-state index is -0.274. The molecular formula is C11H13N3O2. The Kier molecular flexibility index (Phi) is 3.16. The average Bonchev–Trinajstić information content (AvgIpc) is 2.71. The predicted molar refractivity (Wildman–Crippen MR) is 58.9 cm³/mol. The lowest BCUT2D eigenvalue weighted by molar-refractivity contribution is -0.139. The van der Waals surface area contributed by atoms with Gasteiger partial charge in [0.2, 0.25) is 0 Å². The number of imidazole rings is 1. The molecule has 0 saturated carbocycles. The fourth-order valence-corrected chi connectivity index (χ4v) is 1.44. The van der Waals surface area contributed by atoms with Crippen molar-refractivity contribution >= 4 is 11.6 Å². The van der Waals surface area contributed by atoms with E-state index in [-0.39, 0.29) is 12.5 Å². The van der Waals surface area contributed by atoms with Crippen LogP contribution in [0.2, 0.25) is 0 Å². The van der Waals surface area contributed by atoms with E-state index in [4.69, 9.17) is 0 Å². The highest BCUT2D eigenvalue weighted by Crippen LogP contribution is 2.03. The van der Waals surface area contributed by atoms with Gasteiger partial charge in [-0.25, -0.2) is 4.98 Å². The van der Waals surface area contributed by atoms with E-state index >= 15 is 0 Å². The summed E-state index contributed by atoms with van der Waals surface area (Å²) in [6.07, 6.45) is 3.87. The second kappa shape index (κ2) is 4.76. The van der Waals surface area contributed by atoms with Crippen LogP contribution in [0.15, 0.2) is 30.6 Å². The summed E-state index contributed by atoms with van der Waals surface area (Å²) in [5, 5.41) is 2.96.